The molecule has 0 bridgehead atoms. The first kappa shape index (κ1) is 10.6. The molecule has 1 aliphatic heterocycles. The van der Waals surface area contributed by atoms with Crippen LogP contribution in [0, 0.1) is 0 Å². The Labute approximate surface area is 92.4 Å². The molecule has 1 heterocycles. The molecule has 1 aromatic carbocycles. The van der Waals surface area contributed by atoms with Crippen LogP contribution in [0.1, 0.15) is 12.5 Å². The van der Waals surface area contributed by atoms with Gasteiger partial charge in [-0.1, -0.05) is 24.3 Å². The van der Waals surface area contributed by atoms with Gasteiger partial charge in [0.2, 0.25) is 0 Å². The Hall–Kier alpha value is -0.930. The summed E-state index contributed by atoms with van der Waals surface area (Å²) < 4.78 is 17.3. The van der Waals surface area contributed by atoms with Gasteiger partial charge in [-0.25, -0.2) is 0 Å². The van der Waals surface area contributed by atoms with Crippen molar-refractivity contribution in [2.45, 2.75) is 17.4 Å². The van der Waals surface area contributed by atoms with E-state index in [1.54, 1.807) is 6.08 Å². The van der Waals surface area contributed by atoms with Crippen molar-refractivity contribution >= 4 is 10.8 Å². The largest absolute Gasteiger partial charge is 0.365 e. The predicted molar refractivity (Wildman–Crippen MR) is 61.2 cm³/mol. The van der Waals surface area contributed by atoms with Crippen LogP contribution in [-0.4, -0.2) is 16.6 Å². The maximum Gasteiger partial charge on any atom is 0.115 e. The van der Waals surface area contributed by atoms with Gasteiger partial charge in [0.25, 0.3) is 0 Å². The summed E-state index contributed by atoms with van der Waals surface area (Å²) in [5.41, 5.74) is 0.832. The summed E-state index contributed by atoms with van der Waals surface area (Å²) in [6.45, 7) is 6.35. The summed E-state index contributed by atoms with van der Waals surface area (Å²) in [4.78, 5) is 0.873. The topological polar surface area (TPSA) is 29.6 Å². The summed E-state index contributed by atoms with van der Waals surface area (Å²) in [7, 11) is -1.000. The smallest absolute Gasteiger partial charge is 0.115 e. The normalized spacial score (nSPS) is 25.9. The second kappa shape index (κ2) is 3.91. The molecule has 0 amide bonds. The molecule has 1 aromatic rings. The van der Waals surface area contributed by atoms with Gasteiger partial charge in [-0.15, -0.1) is 6.58 Å². The standard InChI is InChI=1S/C12H14O2S/c1-3-8-15(13)11-7-5-4-6-10(11)12(2)9-14-12/h3-7H,1,8-9H2,2H3/t12-,15?/m1/s1. The maximum absolute atomic E-state index is 11.9. The van der Waals surface area contributed by atoms with Gasteiger partial charge in [-0.2, -0.15) is 0 Å². The van der Waals surface area contributed by atoms with Crippen LogP contribution in [0.3, 0.4) is 0 Å². The minimum Gasteiger partial charge on any atom is -0.365 e. The fraction of sp³-hybridized carbons (Fsp3) is 0.333. The molecular weight excluding hydrogens is 208 g/mol. The Bertz CT molecular complexity index is 408. The lowest BCUT2D eigenvalue weighted by Crippen LogP contribution is -2.08. The fourth-order valence-electron chi connectivity index (χ4n) is 1.56. The molecule has 2 nitrogen and oxygen atoms in total. The Morgan fingerprint density at radius 3 is 2.87 bits per heavy atom. The molecule has 0 aromatic heterocycles. The summed E-state index contributed by atoms with van der Waals surface area (Å²) in [5, 5.41) is 0. The van der Waals surface area contributed by atoms with E-state index >= 15 is 0 Å². The molecule has 0 saturated carbocycles. The molecule has 0 N–H and O–H groups in total. The van der Waals surface area contributed by atoms with Crippen LogP contribution in [0.5, 0.6) is 0 Å². The molecule has 0 spiro atoms. The molecule has 80 valence electrons. The van der Waals surface area contributed by atoms with E-state index in [0.29, 0.717) is 5.75 Å². The van der Waals surface area contributed by atoms with Crippen molar-refractivity contribution < 1.29 is 8.95 Å². The zero-order valence-corrected chi connectivity index (χ0v) is 9.55. The van der Waals surface area contributed by atoms with Crippen molar-refractivity contribution in [2.75, 3.05) is 12.4 Å². The van der Waals surface area contributed by atoms with E-state index < -0.39 is 10.8 Å². The van der Waals surface area contributed by atoms with Crippen molar-refractivity contribution in [1.82, 2.24) is 0 Å². The SMILES string of the molecule is C=CCS(=O)c1ccccc1[C@@]1(C)CO1. The van der Waals surface area contributed by atoms with E-state index in [4.69, 9.17) is 4.74 Å². The van der Waals surface area contributed by atoms with Gasteiger partial charge in [0.05, 0.1) is 17.4 Å². The van der Waals surface area contributed by atoms with Gasteiger partial charge < -0.3 is 4.74 Å². The number of hydrogen-bond acceptors (Lipinski definition) is 2. The first-order chi connectivity index (χ1) is 7.17. The van der Waals surface area contributed by atoms with Gasteiger partial charge in [0, 0.05) is 16.2 Å². The zero-order valence-electron chi connectivity index (χ0n) is 8.73. The van der Waals surface area contributed by atoms with Crippen LogP contribution in [0.15, 0.2) is 41.8 Å². The first-order valence-corrected chi connectivity index (χ1v) is 6.22. The third kappa shape index (κ3) is 2.03. The van der Waals surface area contributed by atoms with Crippen molar-refractivity contribution in [3.8, 4) is 0 Å². The van der Waals surface area contributed by atoms with Gasteiger partial charge in [-0.05, 0) is 13.0 Å². The Morgan fingerprint density at radius 2 is 2.27 bits per heavy atom. The fourth-order valence-corrected chi connectivity index (χ4v) is 2.72. The van der Waals surface area contributed by atoms with Gasteiger partial charge >= 0.3 is 0 Å². The van der Waals surface area contributed by atoms with Crippen LogP contribution < -0.4 is 0 Å². The minimum atomic E-state index is -1.000. The summed E-state index contributed by atoms with van der Waals surface area (Å²) in [5.74, 6) is 0.493. The molecule has 1 saturated heterocycles. The monoisotopic (exact) mass is 222 g/mol. The van der Waals surface area contributed by atoms with Crippen molar-refractivity contribution in [1.29, 1.82) is 0 Å². The summed E-state index contributed by atoms with van der Waals surface area (Å²) in [6.07, 6.45) is 1.68. The molecule has 3 heteroatoms. The van der Waals surface area contributed by atoms with Crippen LogP contribution >= 0.6 is 0 Å². The first-order valence-electron chi connectivity index (χ1n) is 4.90. The highest BCUT2D eigenvalue weighted by molar-refractivity contribution is 7.85. The lowest BCUT2D eigenvalue weighted by molar-refractivity contribution is 0.326. The molecule has 1 aliphatic rings. The van der Waals surface area contributed by atoms with Crippen molar-refractivity contribution in [2.24, 2.45) is 0 Å². The minimum absolute atomic E-state index is 0.215. The lowest BCUT2D eigenvalue weighted by Gasteiger charge is -2.11. The molecule has 0 radical (unpaired) electrons. The summed E-state index contributed by atoms with van der Waals surface area (Å²) in [6, 6.07) is 7.76. The van der Waals surface area contributed by atoms with Gasteiger partial charge in [0.15, 0.2) is 0 Å². The highest BCUT2D eigenvalue weighted by atomic mass is 32.2. The van der Waals surface area contributed by atoms with E-state index in [1.165, 1.54) is 0 Å². The highest BCUT2D eigenvalue weighted by Crippen LogP contribution is 2.40. The van der Waals surface area contributed by atoms with E-state index in [0.717, 1.165) is 17.1 Å². The molecule has 1 unspecified atom stereocenters. The van der Waals surface area contributed by atoms with Crippen molar-refractivity contribution in [3.05, 3.63) is 42.5 Å². The Kier molecular flexibility index (Phi) is 2.76. The maximum atomic E-state index is 11.9. The van der Waals surface area contributed by atoms with Gasteiger partial charge in [-0.3, -0.25) is 4.21 Å². The van der Waals surface area contributed by atoms with E-state index in [1.807, 2.05) is 31.2 Å². The third-order valence-electron chi connectivity index (χ3n) is 2.55. The van der Waals surface area contributed by atoms with E-state index in [9.17, 15) is 4.21 Å². The molecular formula is C12H14O2S. The van der Waals surface area contributed by atoms with Crippen LogP contribution in [0.25, 0.3) is 0 Å². The number of epoxide rings is 1. The second-order valence-corrected chi connectivity index (χ2v) is 5.28. The number of benzene rings is 1. The molecule has 2 rings (SSSR count). The highest BCUT2D eigenvalue weighted by Gasteiger charge is 2.43. The zero-order chi connectivity index (χ0) is 10.9. The second-order valence-electron chi connectivity index (χ2n) is 3.82. The molecule has 2 atom stereocenters. The quantitative estimate of drug-likeness (QED) is 0.577. The van der Waals surface area contributed by atoms with Gasteiger partial charge in [0.1, 0.15) is 5.60 Å². The van der Waals surface area contributed by atoms with E-state index in [-0.39, 0.29) is 5.60 Å². The predicted octanol–water partition coefficient (Wildman–Crippen LogP) is 2.23. The number of hydrogen-bond donors (Lipinski definition) is 0. The van der Waals surface area contributed by atoms with E-state index in [2.05, 4.69) is 6.58 Å². The average molecular weight is 222 g/mol. The third-order valence-corrected chi connectivity index (χ3v) is 3.93. The lowest BCUT2D eigenvalue weighted by atomic mass is 10.0. The van der Waals surface area contributed by atoms with Crippen molar-refractivity contribution in [3.63, 3.8) is 0 Å². The molecule has 0 aliphatic carbocycles. The Morgan fingerprint density at radius 1 is 1.60 bits per heavy atom. The molecule has 1 fully saturated rings. The van der Waals surface area contributed by atoms with Crippen LogP contribution in [-0.2, 0) is 21.1 Å². The molecule has 15 heavy (non-hydrogen) atoms. The van der Waals surface area contributed by atoms with Crippen LogP contribution in [0.4, 0.5) is 0 Å². The average Bonchev–Trinajstić information content (AvgIpc) is 2.98. The van der Waals surface area contributed by atoms with Crippen LogP contribution in [0.2, 0.25) is 0 Å². The number of rotatable bonds is 4. The Balaban J connectivity index is 2.38. The number of ether oxygens (including phenoxy) is 1. The summed E-state index contributed by atoms with van der Waals surface area (Å²) >= 11 is 0.